The molecule has 0 saturated heterocycles. The minimum atomic E-state index is -0.190. The number of rotatable bonds is 4. The maximum absolute atomic E-state index is 13.0. The second kappa shape index (κ2) is 6.19. The first-order chi connectivity index (χ1) is 9.76. The molecule has 20 heavy (non-hydrogen) atoms. The van der Waals surface area contributed by atoms with Gasteiger partial charge in [0.15, 0.2) is 0 Å². The quantitative estimate of drug-likeness (QED) is 0.695. The molecule has 0 N–H and O–H groups in total. The van der Waals surface area contributed by atoms with E-state index in [9.17, 15) is 4.39 Å². The van der Waals surface area contributed by atoms with Crippen molar-refractivity contribution < 1.29 is 4.39 Å². The zero-order chi connectivity index (χ0) is 13.9. The Kier molecular flexibility index (Phi) is 4.32. The van der Waals surface area contributed by atoms with Crippen molar-refractivity contribution in [1.29, 1.82) is 0 Å². The molecule has 2 aromatic carbocycles. The Hall–Kier alpha value is -0.990. The molecule has 0 amide bonds. The van der Waals surface area contributed by atoms with Crippen LogP contribution in [0.4, 0.5) is 4.39 Å². The molecule has 3 heteroatoms. The average molecular weight is 307 g/mol. The molecule has 0 spiro atoms. The number of fused-ring (bicyclic) bond motifs is 1. The van der Waals surface area contributed by atoms with Gasteiger partial charge in [0.1, 0.15) is 5.82 Å². The van der Waals surface area contributed by atoms with E-state index in [2.05, 4.69) is 24.3 Å². The Morgan fingerprint density at radius 1 is 1.15 bits per heavy atom. The predicted molar refractivity (Wildman–Crippen MR) is 84.3 cm³/mol. The molecule has 0 radical (unpaired) electrons. The Labute approximate surface area is 128 Å². The van der Waals surface area contributed by atoms with Crippen LogP contribution in [0.2, 0.25) is 0 Å². The number of hydrogen-bond acceptors (Lipinski definition) is 1. The van der Waals surface area contributed by atoms with Gasteiger partial charge in [0.05, 0.1) is 0 Å². The van der Waals surface area contributed by atoms with Gasteiger partial charge in [-0.2, -0.15) is 0 Å². The van der Waals surface area contributed by atoms with E-state index in [1.54, 1.807) is 0 Å². The Bertz CT molecular complexity index is 557. The van der Waals surface area contributed by atoms with E-state index in [0.717, 1.165) is 18.4 Å². The number of thioether (sulfide) groups is 1. The largest absolute Gasteiger partial charge is 0.207 e. The molecule has 0 aromatic heterocycles. The second-order valence-corrected chi connectivity index (χ2v) is 6.84. The molecule has 1 aliphatic rings. The van der Waals surface area contributed by atoms with Gasteiger partial charge in [0.25, 0.3) is 0 Å². The van der Waals surface area contributed by atoms with Gasteiger partial charge >= 0.3 is 0 Å². The molecular formula is C17H16ClFS. The zero-order valence-corrected chi connectivity index (χ0v) is 12.6. The van der Waals surface area contributed by atoms with Gasteiger partial charge in [-0.25, -0.2) is 4.39 Å². The topological polar surface area (TPSA) is 0 Å². The van der Waals surface area contributed by atoms with Gasteiger partial charge < -0.3 is 0 Å². The van der Waals surface area contributed by atoms with Crippen molar-refractivity contribution in [2.75, 3.05) is 5.88 Å². The standard InChI is InChI=1S/C17H16ClFS/c18-11-14(12-5-7-15(19)8-6-12)10-16-9-13-3-1-2-4-17(13)20-16/h1-8,14,16H,9-11H2. The SMILES string of the molecule is Fc1ccc(C(CCl)CC2Cc3ccccc3S2)cc1. The highest BCUT2D eigenvalue weighted by atomic mass is 35.5. The third-order valence-electron chi connectivity index (χ3n) is 3.79. The van der Waals surface area contributed by atoms with Crippen LogP contribution in [0.3, 0.4) is 0 Å². The molecule has 2 unspecified atom stereocenters. The van der Waals surface area contributed by atoms with E-state index >= 15 is 0 Å². The van der Waals surface area contributed by atoms with Crippen molar-refractivity contribution >= 4 is 23.4 Å². The van der Waals surface area contributed by atoms with Crippen molar-refractivity contribution in [3.63, 3.8) is 0 Å². The summed E-state index contributed by atoms with van der Waals surface area (Å²) < 4.78 is 13.0. The Morgan fingerprint density at radius 3 is 2.60 bits per heavy atom. The molecule has 104 valence electrons. The average Bonchev–Trinajstić information content (AvgIpc) is 2.88. The number of hydrogen-bond donors (Lipinski definition) is 0. The molecule has 1 aliphatic heterocycles. The molecule has 0 bridgehead atoms. The Morgan fingerprint density at radius 2 is 1.90 bits per heavy atom. The third kappa shape index (κ3) is 3.02. The molecule has 0 fully saturated rings. The third-order valence-corrected chi connectivity index (χ3v) is 5.51. The first-order valence-electron chi connectivity index (χ1n) is 6.82. The fourth-order valence-electron chi connectivity index (χ4n) is 2.73. The lowest BCUT2D eigenvalue weighted by Crippen LogP contribution is -2.10. The van der Waals surface area contributed by atoms with Crippen LogP contribution < -0.4 is 0 Å². The molecule has 2 atom stereocenters. The van der Waals surface area contributed by atoms with Crippen LogP contribution >= 0.6 is 23.4 Å². The maximum Gasteiger partial charge on any atom is 0.123 e. The molecule has 0 nitrogen and oxygen atoms in total. The molecular weight excluding hydrogens is 291 g/mol. The summed E-state index contributed by atoms with van der Waals surface area (Å²) in [7, 11) is 0. The van der Waals surface area contributed by atoms with Crippen molar-refractivity contribution in [1.82, 2.24) is 0 Å². The second-order valence-electron chi connectivity index (χ2n) is 5.19. The highest BCUT2D eigenvalue weighted by Crippen LogP contribution is 2.41. The lowest BCUT2D eigenvalue weighted by molar-refractivity contribution is 0.621. The lowest BCUT2D eigenvalue weighted by Gasteiger charge is -2.18. The smallest absolute Gasteiger partial charge is 0.123 e. The maximum atomic E-state index is 13.0. The number of halogens is 2. The summed E-state index contributed by atoms with van der Waals surface area (Å²) in [5.74, 6) is 0.688. The van der Waals surface area contributed by atoms with Gasteiger partial charge in [0, 0.05) is 16.0 Å². The van der Waals surface area contributed by atoms with Gasteiger partial charge in [0.2, 0.25) is 0 Å². The van der Waals surface area contributed by atoms with E-state index in [0.29, 0.717) is 17.0 Å². The van der Waals surface area contributed by atoms with Crippen molar-refractivity contribution in [2.45, 2.75) is 28.9 Å². The first-order valence-corrected chi connectivity index (χ1v) is 8.23. The van der Waals surface area contributed by atoms with Crippen molar-refractivity contribution in [3.8, 4) is 0 Å². The van der Waals surface area contributed by atoms with Crippen LogP contribution in [0.15, 0.2) is 53.4 Å². The van der Waals surface area contributed by atoms with Gasteiger partial charge in [-0.1, -0.05) is 30.3 Å². The van der Waals surface area contributed by atoms with Crippen molar-refractivity contribution in [3.05, 3.63) is 65.5 Å². The minimum absolute atomic E-state index is 0.190. The summed E-state index contributed by atoms with van der Waals surface area (Å²) in [6.45, 7) is 0. The van der Waals surface area contributed by atoms with Crippen LogP contribution in [-0.4, -0.2) is 11.1 Å². The fraction of sp³-hybridized carbons (Fsp3) is 0.294. The zero-order valence-electron chi connectivity index (χ0n) is 11.1. The number of benzene rings is 2. The molecule has 0 saturated carbocycles. The molecule has 2 aromatic rings. The van der Waals surface area contributed by atoms with E-state index in [1.807, 2.05) is 23.9 Å². The van der Waals surface area contributed by atoms with Crippen molar-refractivity contribution in [2.24, 2.45) is 0 Å². The van der Waals surface area contributed by atoms with Gasteiger partial charge in [-0.3, -0.25) is 0 Å². The summed E-state index contributed by atoms with van der Waals surface area (Å²) in [6.07, 6.45) is 2.14. The highest BCUT2D eigenvalue weighted by Gasteiger charge is 2.25. The van der Waals surface area contributed by atoms with E-state index in [-0.39, 0.29) is 5.82 Å². The van der Waals surface area contributed by atoms with Gasteiger partial charge in [-0.15, -0.1) is 23.4 Å². The van der Waals surface area contributed by atoms with Gasteiger partial charge in [-0.05, 0) is 48.1 Å². The van der Waals surface area contributed by atoms with Crippen LogP contribution in [0, 0.1) is 5.82 Å². The van der Waals surface area contributed by atoms with Crippen LogP contribution in [0.25, 0.3) is 0 Å². The summed E-state index contributed by atoms with van der Waals surface area (Å²) >= 11 is 8.07. The van der Waals surface area contributed by atoms with Crippen LogP contribution in [0.5, 0.6) is 0 Å². The predicted octanol–water partition coefficient (Wildman–Crippen LogP) is 5.26. The van der Waals surface area contributed by atoms with Crippen LogP contribution in [-0.2, 0) is 6.42 Å². The van der Waals surface area contributed by atoms with E-state index in [1.165, 1.54) is 22.6 Å². The van der Waals surface area contributed by atoms with E-state index < -0.39 is 0 Å². The molecule has 3 rings (SSSR count). The lowest BCUT2D eigenvalue weighted by atomic mass is 9.94. The first kappa shape index (κ1) is 14.0. The molecule has 0 aliphatic carbocycles. The Balaban J connectivity index is 1.69. The number of alkyl halides is 1. The van der Waals surface area contributed by atoms with Crippen LogP contribution in [0.1, 0.15) is 23.5 Å². The fourth-order valence-corrected chi connectivity index (χ4v) is 4.44. The molecule has 1 heterocycles. The normalized spacial score (nSPS) is 18.8. The summed E-state index contributed by atoms with van der Waals surface area (Å²) in [5, 5.41) is 0.571. The van der Waals surface area contributed by atoms with E-state index in [4.69, 9.17) is 11.6 Å². The highest BCUT2D eigenvalue weighted by molar-refractivity contribution is 8.00. The summed E-state index contributed by atoms with van der Waals surface area (Å²) in [4.78, 5) is 1.39. The summed E-state index contributed by atoms with van der Waals surface area (Å²) in [6, 6.07) is 15.3. The minimum Gasteiger partial charge on any atom is -0.207 e. The monoisotopic (exact) mass is 306 g/mol. The summed E-state index contributed by atoms with van der Waals surface area (Å²) in [5.41, 5.74) is 2.58.